The molecule has 3 atom stereocenters. The van der Waals surface area contributed by atoms with Crippen LogP contribution in [0.4, 0.5) is 0 Å². The Hall–Kier alpha value is -0.540. The lowest BCUT2D eigenvalue weighted by Gasteiger charge is -2.39. The SMILES string of the molecule is C=CC1CCCC[N+]1(C)C=C=S(C)(=O)O. The highest BCUT2D eigenvalue weighted by atomic mass is 32.2. The van der Waals surface area contributed by atoms with Crippen LogP contribution in [0.25, 0.3) is 0 Å². The van der Waals surface area contributed by atoms with Crippen molar-refractivity contribution in [2.24, 2.45) is 0 Å². The molecule has 0 aromatic rings. The second-order valence-corrected chi connectivity index (χ2v) is 6.26. The molecule has 1 N–H and O–H groups in total. The highest BCUT2D eigenvalue weighted by Crippen LogP contribution is 2.24. The van der Waals surface area contributed by atoms with Gasteiger partial charge in [0.05, 0.1) is 13.6 Å². The lowest BCUT2D eigenvalue weighted by Crippen LogP contribution is -2.50. The number of rotatable bonds is 2. The number of piperidine rings is 1. The Labute approximate surface area is 92.5 Å². The second-order valence-electron chi connectivity index (χ2n) is 4.42. The maximum atomic E-state index is 11.1. The third-order valence-electron chi connectivity index (χ3n) is 2.99. The second kappa shape index (κ2) is 4.54. The van der Waals surface area contributed by atoms with E-state index in [1.807, 2.05) is 6.08 Å². The van der Waals surface area contributed by atoms with Crippen LogP contribution in [0.2, 0.25) is 0 Å². The van der Waals surface area contributed by atoms with Gasteiger partial charge in [-0.3, -0.25) is 4.48 Å². The third-order valence-corrected chi connectivity index (χ3v) is 3.53. The highest BCUT2D eigenvalue weighted by Gasteiger charge is 2.31. The average molecular weight is 230 g/mol. The van der Waals surface area contributed by atoms with Crippen LogP contribution in [0.5, 0.6) is 0 Å². The van der Waals surface area contributed by atoms with Gasteiger partial charge in [0, 0.05) is 17.7 Å². The van der Waals surface area contributed by atoms with E-state index < -0.39 is 9.80 Å². The summed E-state index contributed by atoms with van der Waals surface area (Å²) in [6.45, 7) is 4.81. The van der Waals surface area contributed by atoms with Crippen LogP contribution in [0.1, 0.15) is 19.3 Å². The summed E-state index contributed by atoms with van der Waals surface area (Å²) >= 11 is 0. The van der Waals surface area contributed by atoms with Gasteiger partial charge in [-0.1, -0.05) is 6.58 Å². The molecule has 4 heteroatoms. The normalized spacial score (nSPS) is 35.0. The lowest BCUT2D eigenvalue weighted by atomic mass is 10.0. The van der Waals surface area contributed by atoms with Crippen LogP contribution in [0.3, 0.4) is 0 Å². The van der Waals surface area contributed by atoms with Gasteiger partial charge in [0.1, 0.15) is 22.0 Å². The zero-order chi connectivity index (χ0) is 11.5. The highest BCUT2D eigenvalue weighted by molar-refractivity contribution is 7.95. The van der Waals surface area contributed by atoms with Crippen molar-refractivity contribution in [1.82, 2.24) is 0 Å². The number of likely N-dealkylation sites (tertiary alicyclic amines) is 1. The standard InChI is InChI=1S/C11H19NO2S/c1-4-11-7-5-6-8-12(11,2)9-10-15(3,13)14/h4,9,11H,1,5-8H2,2-3H3/p+1. The minimum absolute atomic E-state index is 0.341. The molecule has 3 nitrogen and oxygen atoms in total. The first-order valence-electron chi connectivity index (χ1n) is 5.18. The lowest BCUT2D eigenvalue weighted by molar-refractivity contribution is -0.882. The summed E-state index contributed by atoms with van der Waals surface area (Å²) in [4.78, 5) is 0. The first-order chi connectivity index (χ1) is 6.87. The fourth-order valence-electron chi connectivity index (χ4n) is 2.00. The van der Waals surface area contributed by atoms with Gasteiger partial charge in [0.2, 0.25) is 0 Å². The van der Waals surface area contributed by atoms with E-state index in [0.29, 0.717) is 10.5 Å². The van der Waals surface area contributed by atoms with Crippen molar-refractivity contribution in [2.45, 2.75) is 25.3 Å². The maximum Gasteiger partial charge on any atom is 0.150 e. The van der Waals surface area contributed by atoms with E-state index in [1.54, 1.807) is 6.20 Å². The van der Waals surface area contributed by atoms with Crippen molar-refractivity contribution in [3.05, 3.63) is 18.9 Å². The zero-order valence-corrected chi connectivity index (χ0v) is 10.3. The van der Waals surface area contributed by atoms with Crippen LogP contribution < -0.4 is 0 Å². The van der Waals surface area contributed by atoms with E-state index in [-0.39, 0.29) is 0 Å². The molecule has 86 valence electrons. The van der Waals surface area contributed by atoms with Crippen molar-refractivity contribution in [1.29, 1.82) is 0 Å². The van der Waals surface area contributed by atoms with E-state index in [0.717, 1.165) is 19.4 Å². The van der Waals surface area contributed by atoms with Crippen molar-refractivity contribution in [3.8, 4) is 0 Å². The first-order valence-corrected chi connectivity index (χ1v) is 7.10. The van der Waals surface area contributed by atoms with Crippen molar-refractivity contribution in [2.75, 3.05) is 19.8 Å². The first kappa shape index (κ1) is 12.5. The quantitative estimate of drug-likeness (QED) is 0.443. The Bertz CT molecular complexity index is 381. The zero-order valence-electron chi connectivity index (χ0n) is 9.48. The smallest absolute Gasteiger partial charge is 0.150 e. The van der Waals surface area contributed by atoms with Crippen molar-refractivity contribution in [3.63, 3.8) is 0 Å². The monoisotopic (exact) mass is 230 g/mol. The minimum atomic E-state index is -2.90. The summed E-state index contributed by atoms with van der Waals surface area (Å²) in [6.07, 6.45) is 8.39. The molecule has 0 aliphatic carbocycles. The van der Waals surface area contributed by atoms with Crippen LogP contribution in [0.15, 0.2) is 18.9 Å². The van der Waals surface area contributed by atoms with Gasteiger partial charge in [-0.05, 0) is 18.9 Å². The number of quaternary nitrogens is 1. The minimum Gasteiger partial charge on any atom is -0.308 e. The Morgan fingerprint density at radius 3 is 2.80 bits per heavy atom. The molecule has 0 bridgehead atoms. The van der Waals surface area contributed by atoms with Gasteiger partial charge in [0.25, 0.3) is 0 Å². The molecule has 1 heterocycles. The van der Waals surface area contributed by atoms with Gasteiger partial charge in [-0.15, -0.1) is 0 Å². The summed E-state index contributed by atoms with van der Waals surface area (Å²) in [5.74, 6) is 0. The summed E-state index contributed by atoms with van der Waals surface area (Å²) in [7, 11) is -0.840. The maximum absolute atomic E-state index is 11.1. The molecule has 1 aliphatic rings. The molecule has 1 aliphatic heterocycles. The molecule has 0 saturated carbocycles. The Morgan fingerprint density at radius 2 is 2.27 bits per heavy atom. The molecule has 1 rings (SSSR count). The van der Waals surface area contributed by atoms with E-state index in [9.17, 15) is 8.76 Å². The number of nitrogens with zero attached hydrogens (tertiary/aromatic N) is 1. The van der Waals surface area contributed by atoms with Gasteiger partial charge >= 0.3 is 0 Å². The van der Waals surface area contributed by atoms with E-state index in [4.69, 9.17) is 0 Å². The topological polar surface area (TPSA) is 37.3 Å². The Kier molecular flexibility index (Phi) is 3.79. The molecule has 0 spiro atoms. The summed E-state index contributed by atoms with van der Waals surface area (Å²) in [5.41, 5.74) is 0. The largest absolute Gasteiger partial charge is 0.308 e. The molecule has 1 saturated heterocycles. The molecule has 0 aromatic carbocycles. The van der Waals surface area contributed by atoms with Gasteiger partial charge in [-0.2, -0.15) is 0 Å². The number of likely N-dealkylation sites (N-methyl/N-ethyl adjacent to an activating group) is 1. The van der Waals surface area contributed by atoms with Crippen molar-refractivity contribution < 1.29 is 13.2 Å². The van der Waals surface area contributed by atoms with E-state index in [2.05, 4.69) is 18.6 Å². The predicted molar refractivity (Wildman–Crippen MR) is 65.2 cm³/mol. The molecular formula is C11H20NO2S+. The van der Waals surface area contributed by atoms with Crippen molar-refractivity contribution >= 4 is 14.8 Å². The number of hydrogen-bond acceptors (Lipinski definition) is 1. The van der Waals surface area contributed by atoms with Gasteiger partial charge < -0.3 is 4.55 Å². The number of hydrogen-bond donors (Lipinski definition) is 1. The van der Waals surface area contributed by atoms with Gasteiger partial charge in [-0.25, -0.2) is 4.21 Å². The van der Waals surface area contributed by atoms with Crippen LogP contribution in [-0.2, 0) is 9.80 Å². The molecule has 0 aromatic heterocycles. The molecule has 15 heavy (non-hydrogen) atoms. The summed E-state index contributed by atoms with van der Waals surface area (Å²) in [6, 6.07) is 0.341. The van der Waals surface area contributed by atoms with E-state index in [1.165, 1.54) is 12.7 Å². The molecule has 0 amide bonds. The molecular weight excluding hydrogens is 210 g/mol. The molecule has 0 radical (unpaired) electrons. The van der Waals surface area contributed by atoms with Gasteiger partial charge in [0.15, 0.2) is 0 Å². The fraction of sp³-hybridized carbons (Fsp3) is 0.636. The van der Waals surface area contributed by atoms with E-state index >= 15 is 0 Å². The van der Waals surface area contributed by atoms with Crippen LogP contribution >= 0.6 is 0 Å². The van der Waals surface area contributed by atoms with Crippen LogP contribution in [0, 0.1) is 0 Å². The summed E-state index contributed by atoms with van der Waals surface area (Å²) in [5, 5.41) is 2.58. The predicted octanol–water partition coefficient (Wildman–Crippen LogP) is 1.47. The summed E-state index contributed by atoms with van der Waals surface area (Å²) < 4.78 is 21.0. The molecule has 1 fully saturated rings. The Balaban J connectivity index is 3.03. The average Bonchev–Trinajstić information content (AvgIpc) is 2.15. The Morgan fingerprint density at radius 1 is 1.60 bits per heavy atom. The fourth-order valence-corrected chi connectivity index (χ4v) is 2.44. The third kappa shape index (κ3) is 3.50. The molecule has 3 unspecified atom stereocenters. The van der Waals surface area contributed by atoms with Crippen LogP contribution in [-0.4, -0.2) is 44.2 Å².